The van der Waals surface area contributed by atoms with Crippen molar-refractivity contribution >= 4 is 23.8 Å². The Kier molecular flexibility index (Phi) is 3.58. The zero-order chi connectivity index (χ0) is 9.68. The van der Waals surface area contributed by atoms with E-state index in [1.807, 2.05) is 30.5 Å². The van der Waals surface area contributed by atoms with Crippen molar-refractivity contribution in [3.63, 3.8) is 0 Å². The Morgan fingerprint density at radius 2 is 2.00 bits per heavy atom. The maximum absolute atomic E-state index is 10.2. The maximum atomic E-state index is 10.2. The zero-order valence-electron chi connectivity index (χ0n) is 7.23. The van der Waals surface area contributed by atoms with Crippen LogP contribution >= 0.6 is 11.8 Å². The molecule has 0 aliphatic carbocycles. The van der Waals surface area contributed by atoms with E-state index in [1.165, 1.54) is 4.90 Å². The van der Waals surface area contributed by atoms with Gasteiger partial charge in [0.25, 0.3) is 0 Å². The second-order valence-corrected chi connectivity index (χ2v) is 3.32. The molecule has 0 unspecified atom stereocenters. The van der Waals surface area contributed by atoms with Crippen LogP contribution in [0.1, 0.15) is 5.56 Å². The lowest BCUT2D eigenvalue weighted by Gasteiger charge is -1.95. The topological polar surface area (TPSA) is 37.3 Å². The van der Waals surface area contributed by atoms with E-state index in [1.54, 1.807) is 17.8 Å². The quantitative estimate of drug-likeness (QED) is 0.593. The van der Waals surface area contributed by atoms with Crippen LogP contribution in [0, 0.1) is 0 Å². The van der Waals surface area contributed by atoms with Gasteiger partial charge < -0.3 is 5.11 Å². The fourth-order valence-corrected chi connectivity index (χ4v) is 1.29. The summed E-state index contributed by atoms with van der Waals surface area (Å²) >= 11 is 1.66. The highest BCUT2D eigenvalue weighted by Gasteiger charge is 1.90. The molecule has 3 heteroatoms. The second-order valence-electron chi connectivity index (χ2n) is 2.44. The van der Waals surface area contributed by atoms with E-state index in [9.17, 15) is 4.79 Å². The van der Waals surface area contributed by atoms with E-state index >= 15 is 0 Å². The van der Waals surface area contributed by atoms with Crippen LogP contribution in [0.4, 0.5) is 0 Å². The Morgan fingerprint density at radius 1 is 1.38 bits per heavy atom. The van der Waals surface area contributed by atoms with Gasteiger partial charge in [0, 0.05) is 11.0 Å². The van der Waals surface area contributed by atoms with Gasteiger partial charge in [-0.2, -0.15) is 0 Å². The smallest absolute Gasteiger partial charge is 0.328 e. The highest BCUT2D eigenvalue weighted by atomic mass is 32.2. The molecule has 68 valence electrons. The monoisotopic (exact) mass is 194 g/mol. The van der Waals surface area contributed by atoms with Crippen LogP contribution in [0.5, 0.6) is 0 Å². The van der Waals surface area contributed by atoms with E-state index in [2.05, 4.69) is 0 Å². The third-order valence-electron chi connectivity index (χ3n) is 1.53. The summed E-state index contributed by atoms with van der Waals surface area (Å²) in [5.41, 5.74) is 0.903. The molecule has 1 aromatic rings. The minimum absolute atomic E-state index is 0.903. The zero-order valence-corrected chi connectivity index (χ0v) is 8.04. The minimum atomic E-state index is -0.922. The number of benzene rings is 1. The molecule has 0 fully saturated rings. The van der Waals surface area contributed by atoms with Crippen LogP contribution in [0.15, 0.2) is 35.2 Å². The molecule has 0 amide bonds. The van der Waals surface area contributed by atoms with Crippen LogP contribution in [0.25, 0.3) is 6.08 Å². The van der Waals surface area contributed by atoms with Gasteiger partial charge in [-0.1, -0.05) is 12.1 Å². The van der Waals surface area contributed by atoms with E-state index in [4.69, 9.17) is 5.11 Å². The molecular weight excluding hydrogens is 184 g/mol. The average Bonchev–Trinajstić information content (AvgIpc) is 2.15. The highest BCUT2D eigenvalue weighted by molar-refractivity contribution is 7.98. The minimum Gasteiger partial charge on any atom is -0.478 e. The second kappa shape index (κ2) is 4.72. The molecule has 0 aliphatic heterocycles. The summed E-state index contributed by atoms with van der Waals surface area (Å²) in [6, 6.07) is 7.72. The first-order valence-corrected chi connectivity index (χ1v) is 5.00. The number of thioether (sulfide) groups is 1. The number of carbonyl (C=O) groups is 1. The van der Waals surface area contributed by atoms with Crippen molar-refractivity contribution in [3.05, 3.63) is 35.9 Å². The SMILES string of the molecule is CSc1ccc(/C=C/C(=O)O)cc1. The van der Waals surface area contributed by atoms with Gasteiger partial charge in [-0.25, -0.2) is 4.79 Å². The lowest BCUT2D eigenvalue weighted by Crippen LogP contribution is -1.85. The lowest BCUT2D eigenvalue weighted by atomic mass is 10.2. The average molecular weight is 194 g/mol. The fraction of sp³-hybridized carbons (Fsp3) is 0.100. The van der Waals surface area contributed by atoms with Crippen molar-refractivity contribution in [2.24, 2.45) is 0 Å². The molecule has 1 rings (SSSR count). The molecule has 2 nitrogen and oxygen atoms in total. The van der Waals surface area contributed by atoms with Crippen LogP contribution in [-0.4, -0.2) is 17.3 Å². The van der Waals surface area contributed by atoms with Gasteiger partial charge in [-0.3, -0.25) is 0 Å². The molecule has 0 aromatic heterocycles. The normalized spacial score (nSPS) is 10.5. The molecule has 0 bridgehead atoms. The van der Waals surface area contributed by atoms with Gasteiger partial charge in [0.05, 0.1) is 0 Å². The molecule has 0 spiro atoms. The highest BCUT2D eigenvalue weighted by Crippen LogP contribution is 2.15. The number of carboxylic acids is 1. The predicted octanol–water partition coefficient (Wildman–Crippen LogP) is 2.51. The van der Waals surface area contributed by atoms with Gasteiger partial charge in [-0.05, 0) is 30.0 Å². The Balaban J connectivity index is 2.75. The Bertz CT molecular complexity index is 314. The van der Waals surface area contributed by atoms with Crippen LogP contribution in [-0.2, 0) is 4.79 Å². The van der Waals surface area contributed by atoms with Crippen molar-refractivity contribution in [3.8, 4) is 0 Å². The molecule has 0 aliphatic rings. The molecule has 0 saturated carbocycles. The van der Waals surface area contributed by atoms with E-state index in [0.29, 0.717) is 0 Å². The van der Waals surface area contributed by atoms with Crippen molar-refractivity contribution < 1.29 is 9.90 Å². The summed E-state index contributed by atoms with van der Waals surface area (Å²) < 4.78 is 0. The number of aliphatic carboxylic acids is 1. The summed E-state index contributed by atoms with van der Waals surface area (Å²) in [6.07, 6.45) is 4.71. The molecule has 0 radical (unpaired) electrons. The number of carboxylic acid groups (broad SMARTS) is 1. The largest absolute Gasteiger partial charge is 0.478 e. The van der Waals surface area contributed by atoms with E-state index < -0.39 is 5.97 Å². The number of hydrogen-bond acceptors (Lipinski definition) is 2. The molecule has 0 saturated heterocycles. The maximum Gasteiger partial charge on any atom is 0.328 e. The first-order chi connectivity index (χ1) is 6.22. The van der Waals surface area contributed by atoms with Gasteiger partial charge in [0.1, 0.15) is 0 Å². The standard InChI is InChI=1S/C10H10O2S/c1-13-9-5-2-8(3-6-9)4-7-10(11)12/h2-7H,1H3,(H,11,12)/b7-4+. The van der Waals surface area contributed by atoms with Crippen LogP contribution in [0.3, 0.4) is 0 Å². The van der Waals surface area contributed by atoms with E-state index in [0.717, 1.165) is 11.6 Å². The van der Waals surface area contributed by atoms with Crippen LogP contribution in [0.2, 0.25) is 0 Å². The molecule has 1 N–H and O–H groups in total. The summed E-state index contributed by atoms with van der Waals surface area (Å²) in [7, 11) is 0. The summed E-state index contributed by atoms with van der Waals surface area (Å²) in [5.74, 6) is -0.922. The lowest BCUT2D eigenvalue weighted by molar-refractivity contribution is -0.131. The van der Waals surface area contributed by atoms with Gasteiger partial charge >= 0.3 is 5.97 Å². The van der Waals surface area contributed by atoms with Crippen molar-refractivity contribution in [1.29, 1.82) is 0 Å². The molecule has 13 heavy (non-hydrogen) atoms. The summed E-state index contributed by atoms with van der Waals surface area (Å²) in [6.45, 7) is 0. The van der Waals surface area contributed by atoms with Gasteiger partial charge in [-0.15, -0.1) is 11.8 Å². The number of hydrogen-bond donors (Lipinski definition) is 1. The molecule has 0 atom stereocenters. The van der Waals surface area contributed by atoms with Gasteiger partial charge in [0.2, 0.25) is 0 Å². The fourth-order valence-electron chi connectivity index (χ4n) is 0.883. The third-order valence-corrected chi connectivity index (χ3v) is 2.28. The molecular formula is C10H10O2S. The Morgan fingerprint density at radius 3 is 2.46 bits per heavy atom. The van der Waals surface area contributed by atoms with Crippen molar-refractivity contribution in [2.75, 3.05) is 6.26 Å². The number of rotatable bonds is 3. The Hall–Kier alpha value is -1.22. The van der Waals surface area contributed by atoms with Crippen molar-refractivity contribution in [1.82, 2.24) is 0 Å². The van der Waals surface area contributed by atoms with Crippen LogP contribution < -0.4 is 0 Å². The van der Waals surface area contributed by atoms with Crippen molar-refractivity contribution in [2.45, 2.75) is 4.90 Å². The third kappa shape index (κ3) is 3.34. The predicted molar refractivity (Wildman–Crippen MR) is 54.9 cm³/mol. The van der Waals surface area contributed by atoms with E-state index in [-0.39, 0.29) is 0 Å². The Labute approximate surface area is 81.3 Å². The van der Waals surface area contributed by atoms with Gasteiger partial charge in [0.15, 0.2) is 0 Å². The molecule has 1 aromatic carbocycles. The summed E-state index contributed by atoms with van der Waals surface area (Å²) in [5, 5.41) is 8.38. The first-order valence-electron chi connectivity index (χ1n) is 3.77. The molecule has 0 heterocycles. The first kappa shape index (κ1) is 9.86. The summed E-state index contributed by atoms with van der Waals surface area (Å²) in [4.78, 5) is 11.4.